The van der Waals surface area contributed by atoms with Crippen molar-refractivity contribution in [3.05, 3.63) is 24.6 Å². The van der Waals surface area contributed by atoms with Crippen LogP contribution in [-0.4, -0.2) is 56.7 Å². The maximum atomic E-state index is 11.5. The van der Waals surface area contributed by atoms with Gasteiger partial charge in [-0.05, 0) is 38.0 Å². The van der Waals surface area contributed by atoms with E-state index < -0.39 is 36.3 Å². The Kier molecular flexibility index (Phi) is 23.7. The lowest BCUT2D eigenvalue weighted by Gasteiger charge is -2.25. The van der Waals surface area contributed by atoms with Gasteiger partial charge in [0.25, 0.3) is 5.91 Å². The molecule has 0 heterocycles. The van der Waals surface area contributed by atoms with Crippen LogP contribution in [0.25, 0.3) is 0 Å². The van der Waals surface area contributed by atoms with Crippen molar-refractivity contribution < 1.29 is 40.9 Å². The Bertz CT molecular complexity index is 541. The van der Waals surface area contributed by atoms with E-state index in [9.17, 15) is 30.0 Å². The van der Waals surface area contributed by atoms with E-state index in [2.05, 4.69) is 31.0 Å². The van der Waals surface area contributed by atoms with Crippen LogP contribution >= 0.6 is 0 Å². The molecule has 0 bridgehead atoms. The Labute approximate surface area is 198 Å². The average Bonchev–Trinajstić information content (AvgIpc) is 2.81. The number of aliphatic hydroxyl groups is 4. The fourth-order valence-electron chi connectivity index (χ4n) is 2.83. The smallest absolute Gasteiger partial charge is 0.255 e. The number of unbranched alkanes of at least 4 members (excludes halogenated alkanes) is 10. The summed E-state index contributed by atoms with van der Waals surface area (Å²) in [5.74, 6) is -3.04. The van der Waals surface area contributed by atoms with Gasteiger partial charge in [0.2, 0.25) is 0 Å². The molecular weight excluding hydrogens is 428 g/mol. The predicted molar refractivity (Wildman–Crippen MR) is 125 cm³/mol. The van der Waals surface area contributed by atoms with Crippen molar-refractivity contribution in [3.63, 3.8) is 0 Å². The number of carboxylic acids is 1. The summed E-state index contributed by atoms with van der Waals surface area (Å²) < 4.78 is 0. The Morgan fingerprint density at radius 1 is 0.788 bits per heavy atom. The number of carboxylic acid groups (broad SMARTS) is 1. The van der Waals surface area contributed by atoms with Gasteiger partial charge >= 0.3 is 0 Å². The largest absolute Gasteiger partial charge is 0.547 e. The summed E-state index contributed by atoms with van der Waals surface area (Å²) >= 11 is 0. The lowest BCUT2D eigenvalue weighted by Crippen LogP contribution is -2.54. The van der Waals surface area contributed by atoms with Gasteiger partial charge in [-0.2, -0.15) is 0 Å². The normalized spacial score (nSPS) is 15.0. The van der Waals surface area contributed by atoms with Crippen molar-refractivity contribution >= 4 is 11.9 Å². The SMILES string of the molecule is CCCCCCCC=CNC(=O)[C@@H](O)[C@H](O)[C@@H](O)[C@@H](O)C(=O)[O-].CCCCCCCC=C[NH3+]. The van der Waals surface area contributed by atoms with E-state index in [1.807, 2.05) is 6.20 Å². The predicted octanol–water partition coefficient (Wildman–Crippen LogP) is 0.273. The zero-order valence-electron chi connectivity index (χ0n) is 20.3. The fourth-order valence-corrected chi connectivity index (χ4v) is 2.83. The zero-order valence-corrected chi connectivity index (χ0v) is 20.3. The Morgan fingerprint density at radius 2 is 1.24 bits per heavy atom. The molecule has 0 unspecified atom stereocenters. The number of hydrogen-bond donors (Lipinski definition) is 6. The first-order valence-electron chi connectivity index (χ1n) is 12.1. The molecule has 0 fully saturated rings. The summed E-state index contributed by atoms with van der Waals surface area (Å²) in [6.45, 7) is 4.37. The maximum absolute atomic E-state index is 11.5. The van der Waals surface area contributed by atoms with E-state index >= 15 is 0 Å². The Balaban J connectivity index is 0. The van der Waals surface area contributed by atoms with E-state index in [1.165, 1.54) is 51.1 Å². The number of aliphatic hydroxyl groups excluding tert-OH is 4. The van der Waals surface area contributed by atoms with Gasteiger partial charge in [-0.15, -0.1) is 0 Å². The molecule has 9 heteroatoms. The number of amides is 1. The molecule has 4 atom stereocenters. The number of carbonyl (C=O) groups excluding carboxylic acids is 2. The summed E-state index contributed by atoms with van der Waals surface area (Å²) in [5.41, 5.74) is 3.64. The molecule has 0 aromatic rings. The highest BCUT2D eigenvalue weighted by Crippen LogP contribution is 2.07. The van der Waals surface area contributed by atoms with Gasteiger partial charge in [-0.3, -0.25) is 4.79 Å². The molecule has 0 aromatic carbocycles. The molecule has 8 N–H and O–H groups in total. The van der Waals surface area contributed by atoms with Crippen LogP contribution < -0.4 is 16.2 Å². The Hall–Kier alpha value is -1.78. The van der Waals surface area contributed by atoms with E-state index in [-0.39, 0.29) is 0 Å². The topological polar surface area (TPSA) is 178 Å². The monoisotopic (exact) mass is 474 g/mol. The highest BCUT2D eigenvalue weighted by Gasteiger charge is 2.34. The zero-order chi connectivity index (χ0) is 25.5. The van der Waals surface area contributed by atoms with Crippen LogP contribution in [-0.2, 0) is 9.59 Å². The molecule has 0 radical (unpaired) electrons. The van der Waals surface area contributed by atoms with Gasteiger partial charge in [-0.1, -0.05) is 71.3 Å². The van der Waals surface area contributed by atoms with Crippen molar-refractivity contribution in [2.75, 3.05) is 0 Å². The molecule has 33 heavy (non-hydrogen) atoms. The summed E-state index contributed by atoms with van der Waals surface area (Å²) in [6.07, 6.45) is 12.5. The molecule has 0 aromatic heterocycles. The van der Waals surface area contributed by atoms with E-state index in [1.54, 1.807) is 6.08 Å². The first-order valence-corrected chi connectivity index (χ1v) is 12.1. The van der Waals surface area contributed by atoms with Gasteiger partial charge in [0.1, 0.15) is 18.3 Å². The van der Waals surface area contributed by atoms with E-state index in [4.69, 9.17) is 5.11 Å². The number of nitrogens with one attached hydrogen (secondary N) is 1. The highest BCUT2D eigenvalue weighted by molar-refractivity contribution is 5.82. The van der Waals surface area contributed by atoms with Crippen LogP contribution in [0.2, 0.25) is 0 Å². The highest BCUT2D eigenvalue weighted by atomic mass is 16.4. The molecule has 0 aliphatic heterocycles. The van der Waals surface area contributed by atoms with Gasteiger partial charge in [-0.25, -0.2) is 0 Å². The van der Waals surface area contributed by atoms with Crippen molar-refractivity contribution in [2.24, 2.45) is 0 Å². The molecule has 0 rings (SSSR count). The van der Waals surface area contributed by atoms with Crippen molar-refractivity contribution in [2.45, 2.75) is 115 Å². The van der Waals surface area contributed by atoms with Gasteiger partial charge in [0.15, 0.2) is 6.10 Å². The minimum atomic E-state index is -2.41. The van der Waals surface area contributed by atoms with E-state index in [0.717, 1.165) is 32.1 Å². The number of aliphatic carboxylic acids is 1. The first-order chi connectivity index (χ1) is 15.7. The van der Waals surface area contributed by atoms with Crippen LogP contribution in [0.1, 0.15) is 90.9 Å². The third-order valence-electron chi connectivity index (χ3n) is 4.97. The maximum Gasteiger partial charge on any atom is 0.255 e. The van der Waals surface area contributed by atoms with Gasteiger partial charge in [0.05, 0.1) is 12.2 Å². The molecule has 0 saturated carbocycles. The molecule has 0 aliphatic carbocycles. The minimum Gasteiger partial charge on any atom is -0.547 e. The lowest BCUT2D eigenvalue weighted by molar-refractivity contribution is -0.320. The molecule has 194 valence electrons. The van der Waals surface area contributed by atoms with Crippen LogP contribution in [0.15, 0.2) is 24.6 Å². The minimum absolute atomic E-state index is 0.745. The molecule has 0 aliphatic rings. The molecule has 0 spiro atoms. The second-order valence-electron chi connectivity index (χ2n) is 7.98. The second kappa shape index (κ2) is 23.4. The number of hydrogen-bond acceptors (Lipinski definition) is 7. The summed E-state index contributed by atoms with van der Waals surface area (Å²) in [4.78, 5) is 21.9. The van der Waals surface area contributed by atoms with Crippen molar-refractivity contribution in [1.82, 2.24) is 5.32 Å². The summed E-state index contributed by atoms with van der Waals surface area (Å²) in [6, 6.07) is 0. The van der Waals surface area contributed by atoms with E-state index in [0.29, 0.717) is 0 Å². The fraction of sp³-hybridized carbons (Fsp3) is 0.750. The third-order valence-corrected chi connectivity index (χ3v) is 4.97. The number of rotatable bonds is 18. The van der Waals surface area contributed by atoms with Crippen LogP contribution in [0, 0.1) is 0 Å². The number of allylic oxidation sites excluding steroid dienone is 2. The molecule has 9 nitrogen and oxygen atoms in total. The Morgan fingerprint density at radius 3 is 1.70 bits per heavy atom. The van der Waals surface area contributed by atoms with Crippen LogP contribution in [0.4, 0.5) is 0 Å². The van der Waals surface area contributed by atoms with Crippen LogP contribution in [0.3, 0.4) is 0 Å². The molecule has 1 amide bonds. The van der Waals surface area contributed by atoms with Crippen LogP contribution in [0.5, 0.6) is 0 Å². The summed E-state index contributed by atoms with van der Waals surface area (Å²) in [5, 5.41) is 49.8. The standard InChI is InChI=1S/C15H27NO7.C9H19N/c1-2-3-4-5-6-7-8-9-16-14(21)12(19)10(17)11(18)13(20)15(22)23;1-2-3-4-5-6-7-8-9-10/h8-13,17-20H,2-7H2,1H3,(H,16,21)(H,22,23);8-9H,2-7,10H2,1H3/t10-,11-,12+,13-;/m1./s1. The average molecular weight is 475 g/mol. The third kappa shape index (κ3) is 19.4. The lowest BCUT2D eigenvalue weighted by atomic mass is 10.0. The second-order valence-corrected chi connectivity index (χ2v) is 7.98. The molecular formula is C24H46N2O7. The van der Waals surface area contributed by atoms with Gasteiger partial charge in [0, 0.05) is 0 Å². The quantitative estimate of drug-likeness (QED) is 0.154. The number of carbonyl (C=O) groups is 2. The van der Waals surface area contributed by atoms with Crippen molar-refractivity contribution in [3.8, 4) is 0 Å². The van der Waals surface area contributed by atoms with Gasteiger partial charge < -0.3 is 41.4 Å². The molecule has 0 saturated heterocycles. The van der Waals surface area contributed by atoms with Crippen molar-refractivity contribution in [1.29, 1.82) is 0 Å². The first kappa shape index (κ1) is 33.4. The summed E-state index contributed by atoms with van der Waals surface area (Å²) in [7, 11) is 0. The number of quaternary nitrogens is 1.